The van der Waals surface area contributed by atoms with Crippen LogP contribution in [0, 0.1) is 5.92 Å². The van der Waals surface area contributed by atoms with Crippen molar-refractivity contribution in [3.63, 3.8) is 0 Å². The Labute approximate surface area is 119 Å². The van der Waals surface area contributed by atoms with Gasteiger partial charge in [-0.15, -0.1) is 0 Å². The zero-order valence-electron chi connectivity index (χ0n) is 12.2. The van der Waals surface area contributed by atoms with Crippen molar-refractivity contribution in [2.24, 2.45) is 5.92 Å². The Morgan fingerprint density at radius 2 is 2.15 bits per heavy atom. The van der Waals surface area contributed by atoms with E-state index in [-0.39, 0.29) is 0 Å². The number of fused-ring (bicyclic) bond motifs is 1. The van der Waals surface area contributed by atoms with Gasteiger partial charge in [-0.05, 0) is 18.8 Å². The van der Waals surface area contributed by atoms with Crippen molar-refractivity contribution in [3.05, 3.63) is 6.20 Å². The van der Waals surface area contributed by atoms with Crippen LogP contribution in [0.25, 0.3) is 11.0 Å². The molecule has 6 nitrogen and oxygen atoms in total. The van der Waals surface area contributed by atoms with Gasteiger partial charge in [-0.2, -0.15) is 15.1 Å². The Kier molecular flexibility index (Phi) is 3.71. The van der Waals surface area contributed by atoms with Crippen LogP contribution in [0.5, 0.6) is 0 Å². The molecule has 0 atom stereocenters. The van der Waals surface area contributed by atoms with Gasteiger partial charge in [0.2, 0.25) is 5.95 Å². The van der Waals surface area contributed by atoms with E-state index >= 15 is 0 Å². The van der Waals surface area contributed by atoms with Crippen LogP contribution in [-0.4, -0.2) is 40.3 Å². The normalized spacial score (nSPS) is 16.8. The van der Waals surface area contributed by atoms with Crippen molar-refractivity contribution >= 4 is 22.8 Å². The van der Waals surface area contributed by atoms with Gasteiger partial charge in [-0.25, -0.2) is 0 Å². The molecule has 2 aromatic heterocycles. The van der Waals surface area contributed by atoms with E-state index in [2.05, 4.69) is 37.3 Å². The first-order valence-electron chi connectivity index (χ1n) is 7.45. The smallest absolute Gasteiger partial charge is 0.226 e. The van der Waals surface area contributed by atoms with Gasteiger partial charge in [0.15, 0.2) is 5.65 Å². The summed E-state index contributed by atoms with van der Waals surface area (Å²) in [5, 5.41) is 11.1. The highest BCUT2D eigenvalue weighted by Crippen LogP contribution is 2.29. The highest BCUT2D eigenvalue weighted by atomic mass is 15.3. The molecule has 1 aliphatic heterocycles. The summed E-state index contributed by atoms with van der Waals surface area (Å²) in [5.74, 6) is 2.53. The molecule has 0 spiro atoms. The molecule has 0 unspecified atom stereocenters. The third-order valence-corrected chi connectivity index (χ3v) is 4.12. The van der Waals surface area contributed by atoms with Gasteiger partial charge >= 0.3 is 0 Å². The highest BCUT2D eigenvalue weighted by Gasteiger charge is 2.22. The van der Waals surface area contributed by atoms with Gasteiger partial charge < -0.3 is 10.2 Å². The van der Waals surface area contributed by atoms with Crippen LogP contribution < -0.4 is 10.2 Å². The van der Waals surface area contributed by atoms with E-state index in [0.717, 1.165) is 35.9 Å². The molecule has 0 aromatic carbocycles. The molecule has 0 aliphatic carbocycles. The summed E-state index contributed by atoms with van der Waals surface area (Å²) >= 11 is 0. The van der Waals surface area contributed by atoms with Gasteiger partial charge in [0, 0.05) is 20.1 Å². The molecule has 0 bridgehead atoms. The van der Waals surface area contributed by atoms with Crippen molar-refractivity contribution in [1.82, 2.24) is 20.2 Å². The molecule has 1 saturated heterocycles. The summed E-state index contributed by atoms with van der Waals surface area (Å²) in [4.78, 5) is 11.4. The topological polar surface area (TPSA) is 69.7 Å². The van der Waals surface area contributed by atoms with E-state index < -0.39 is 0 Å². The number of piperidine rings is 1. The van der Waals surface area contributed by atoms with Crippen LogP contribution in [0.3, 0.4) is 0 Å². The number of H-pyrrole nitrogens is 1. The first-order chi connectivity index (χ1) is 9.81. The van der Waals surface area contributed by atoms with Gasteiger partial charge in [0.05, 0.1) is 11.6 Å². The van der Waals surface area contributed by atoms with Gasteiger partial charge in [0.1, 0.15) is 5.82 Å². The lowest BCUT2D eigenvalue weighted by Crippen LogP contribution is -2.34. The Balaban J connectivity index is 1.85. The molecule has 6 heteroatoms. The zero-order valence-corrected chi connectivity index (χ0v) is 12.2. The van der Waals surface area contributed by atoms with E-state index in [4.69, 9.17) is 0 Å². The van der Waals surface area contributed by atoms with Crippen LogP contribution in [0.4, 0.5) is 11.8 Å². The van der Waals surface area contributed by atoms with E-state index in [1.807, 2.05) is 13.2 Å². The van der Waals surface area contributed by atoms with E-state index in [9.17, 15) is 0 Å². The molecular weight excluding hydrogens is 252 g/mol. The second-order valence-electron chi connectivity index (χ2n) is 5.47. The Bertz CT molecular complexity index is 570. The third kappa shape index (κ3) is 2.42. The van der Waals surface area contributed by atoms with Crippen molar-refractivity contribution in [2.75, 3.05) is 30.4 Å². The first-order valence-corrected chi connectivity index (χ1v) is 7.45. The second-order valence-corrected chi connectivity index (χ2v) is 5.47. The monoisotopic (exact) mass is 274 g/mol. The molecular formula is C14H22N6. The molecule has 1 fully saturated rings. The zero-order chi connectivity index (χ0) is 13.9. The summed E-state index contributed by atoms with van der Waals surface area (Å²) in [7, 11) is 1.84. The number of hydrogen-bond donors (Lipinski definition) is 2. The van der Waals surface area contributed by atoms with E-state index in [0.29, 0.717) is 5.95 Å². The van der Waals surface area contributed by atoms with Crippen molar-refractivity contribution in [1.29, 1.82) is 0 Å². The Morgan fingerprint density at radius 3 is 2.85 bits per heavy atom. The number of nitrogens with one attached hydrogen (secondary N) is 2. The lowest BCUT2D eigenvalue weighted by molar-refractivity contribution is 0.378. The number of nitrogens with zero attached hydrogens (tertiary/aromatic N) is 4. The summed E-state index contributed by atoms with van der Waals surface area (Å²) in [6.07, 6.45) is 6.97. The molecule has 20 heavy (non-hydrogen) atoms. The minimum atomic E-state index is 0.646. The minimum Gasteiger partial charge on any atom is -0.357 e. The van der Waals surface area contributed by atoms with Crippen molar-refractivity contribution in [2.45, 2.75) is 32.6 Å². The molecule has 2 N–H and O–H groups in total. The van der Waals surface area contributed by atoms with Crippen LogP contribution in [0.15, 0.2) is 6.20 Å². The standard InChI is InChI=1S/C14H22N6/c1-3-4-10-5-7-20(8-6-10)13-11-9-16-19-12(11)17-14(15-2)18-13/h9-10H,3-8H2,1-2H3,(H2,15,16,17,18,19). The lowest BCUT2D eigenvalue weighted by Gasteiger charge is -2.33. The fraction of sp³-hybridized carbons (Fsp3) is 0.643. The number of anilines is 2. The van der Waals surface area contributed by atoms with Crippen molar-refractivity contribution < 1.29 is 0 Å². The summed E-state index contributed by atoms with van der Waals surface area (Å²) in [5.41, 5.74) is 0.801. The molecule has 0 saturated carbocycles. The van der Waals surface area contributed by atoms with Crippen LogP contribution in [0.2, 0.25) is 0 Å². The average molecular weight is 274 g/mol. The quantitative estimate of drug-likeness (QED) is 0.896. The number of hydrogen-bond acceptors (Lipinski definition) is 5. The van der Waals surface area contributed by atoms with Crippen LogP contribution in [0.1, 0.15) is 32.6 Å². The van der Waals surface area contributed by atoms with Gasteiger partial charge in [-0.3, -0.25) is 5.10 Å². The van der Waals surface area contributed by atoms with Gasteiger partial charge in [-0.1, -0.05) is 19.8 Å². The van der Waals surface area contributed by atoms with E-state index in [1.165, 1.54) is 25.7 Å². The maximum Gasteiger partial charge on any atom is 0.226 e. The third-order valence-electron chi connectivity index (χ3n) is 4.12. The summed E-state index contributed by atoms with van der Waals surface area (Å²) in [6.45, 7) is 4.42. The maximum atomic E-state index is 4.63. The van der Waals surface area contributed by atoms with Gasteiger partial charge in [0.25, 0.3) is 0 Å². The number of rotatable bonds is 4. The molecule has 108 valence electrons. The average Bonchev–Trinajstić information content (AvgIpc) is 2.95. The Hall–Kier alpha value is -1.85. The fourth-order valence-corrected chi connectivity index (χ4v) is 3.01. The largest absolute Gasteiger partial charge is 0.357 e. The highest BCUT2D eigenvalue weighted by molar-refractivity contribution is 5.87. The first kappa shape index (κ1) is 13.1. The number of aromatic amines is 1. The lowest BCUT2D eigenvalue weighted by atomic mass is 9.92. The van der Waals surface area contributed by atoms with E-state index in [1.54, 1.807) is 0 Å². The number of aromatic nitrogens is 4. The maximum absolute atomic E-state index is 4.63. The molecule has 0 amide bonds. The van der Waals surface area contributed by atoms with Crippen LogP contribution in [-0.2, 0) is 0 Å². The summed E-state index contributed by atoms with van der Waals surface area (Å²) < 4.78 is 0. The summed E-state index contributed by atoms with van der Waals surface area (Å²) in [6, 6.07) is 0. The minimum absolute atomic E-state index is 0.646. The molecule has 2 aromatic rings. The van der Waals surface area contributed by atoms with Crippen LogP contribution >= 0.6 is 0 Å². The molecule has 3 heterocycles. The predicted molar refractivity (Wildman–Crippen MR) is 81.1 cm³/mol. The van der Waals surface area contributed by atoms with Crippen molar-refractivity contribution in [3.8, 4) is 0 Å². The second kappa shape index (κ2) is 5.64. The molecule has 1 aliphatic rings. The SMILES string of the molecule is CCCC1CCN(c2nc(NC)nc3[nH]ncc23)CC1. The molecule has 0 radical (unpaired) electrons. The predicted octanol–water partition coefficient (Wildman–Crippen LogP) is 2.41. The molecule has 3 rings (SSSR count). The Morgan fingerprint density at radius 1 is 1.35 bits per heavy atom. The fourth-order valence-electron chi connectivity index (χ4n) is 3.01.